The Balaban J connectivity index is 0.00000300. The van der Waals surface area contributed by atoms with E-state index in [2.05, 4.69) is 36.1 Å². The minimum Gasteiger partial charge on any atom is -0.367 e. The number of hydrogen-bond acceptors (Lipinski definition) is 3. The molecule has 2 unspecified atom stereocenters. The Labute approximate surface area is 189 Å². The molecule has 1 fully saturated rings. The first-order chi connectivity index (χ1) is 13.4. The molecule has 1 aromatic carbocycles. The second-order valence-electron chi connectivity index (χ2n) is 7.34. The number of guanidine groups is 1. The van der Waals surface area contributed by atoms with E-state index in [9.17, 15) is 4.39 Å². The number of aliphatic imine (C=N–C) groups is 1. The van der Waals surface area contributed by atoms with Gasteiger partial charge in [0, 0.05) is 31.4 Å². The first-order valence-electron chi connectivity index (χ1n) is 9.82. The molecular formula is C21H31FIN5O. The lowest BCUT2D eigenvalue weighted by Gasteiger charge is -2.38. The molecule has 29 heavy (non-hydrogen) atoms. The number of morpholine rings is 1. The molecule has 0 saturated carbocycles. The molecule has 1 saturated heterocycles. The largest absolute Gasteiger partial charge is 0.367 e. The molecule has 6 nitrogen and oxygen atoms in total. The molecule has 1 N–H and O–H groups in total. The van der Waals surface area contributed by atoms with E-state index in [1.165, 1.54) is 12.1 Å². The molecular weight excluding hydrogens is 484 g/mol. The summed E-state index contributed by atoms with van der Waals surface area (Å²) in [5.74, 6) is 0.633. The Morgan fingerprint density at radius 1 is 1.28 bits per heavy atom. The van der Waals surface area contributed by atoms with Crippen molar-refractivity contribution >= 4 is 29.9 Å². The van der Waals surface area contributed by atoms with Gasteiger partial charge in [-0.05, 0) is 45.4 Å². The Morgan fingerprint density at radius 3 is 2.55 bits per heavy atom. The lowest BCUT2D eigenvalue weighted by atomic mass is 10.1. The number of benzene rings is 1. The summed E-state index contributed by atoms with van der Waals surface area (Å²) in [7, 11) is 1.96. The minimum absolute atomic E-state index is 0. The van der Waals surface area contributed by atoms with Crippen LogP contribution in [0.25, 0.3) is 0 Å². The second-order valence-corrected chi connectivity index (χ2v) is 7.34. The number of rotatable bonds is 4. The van der Waals surface area contributed by atoms with Crippen LogP contribution in [0.5, 0.6) is 0 Å². The van der Waals surface area contributed by atoms with E-state index in [0.29, 0.717) is 13.1 Å². The number of halogens is 2. The van der Waals surface area contributed by atoms with E-state index < -0.39 is 0 Å². The number of ether oxygens (including phenoxy) is 1. The third-order valence-corrected chi connectivity index (χ3v) is 5.18. The smallest absolute Gasteiger partial charge is 0.194 e. The monoisotopic (exact) mass is 515 g/mol. The molecule has 1 aliphatic heterocycles. The lowest BCUT2D eigenvalue weighted by Crippen LogP contribution is -2.50. The first-order valence-corrected chi connectivity index (χ1v) is 9.82. The predicted octanol–water partition coefficient (Wildman–Crippen LogP) is 3.72. The van der Waals surface area contributed by atoms with Gasteiger partial charge < -0.3 is 15.0 Å². The summed E-state index contributed by atoms with van der Waals surface area (Å²) in [5, 5.41) is 7.88. The van der Waals surface area contributed by atoms with Gasteiger partial charge in [0.05, 0.1) is 24.9 Å². The maximum atomic E-state index is 13.3. The van der Waals surface area contributed by atoms with Gasteiger partial charge in [-0.2, -0.15) is 5.10 Å². The van der Waals surface area contributed by atoms with Gasteiger partial charge in [0.2, 0.25) is 0 Å². The molecule has 2 atom stereocenters. The van der Waals surface area contributed by atoms with Crippen molar-refractivity contribution in [1.29, 1.82) is 0 Å². The van der Waals surface area contributed by atoms with Gasteiger partial charge in [-0.3, -0.25) is 4.68 Å². The van der Waals surface area contributed by atoms with Crippen LogP contribution in [0.15, 0.2) is 29.3 Å². The zero-order valence-corrected chi connectivity index (χ0v) is 20.1. The Hall–Kier alpha value is -1.68. The number of nitrogens with zero attached hydrogens (tertiary/aromatic N) is 4. The molecule has 1 aromatic heterocycles. The second kappa shape index (κ2) is 10.4. The highest BCUT2D eigenvalue weighted by atomic mass is 127. The SMILES string of the molecule is CCNC(=NCc1c(C)nn(C)c1C)N1CC(C)OC(c2ccc(F)cc2)C1.I. The van der Waals surface area contributed by atoms with Gasteiger partial charge in [-0.15, -0.1) is 24.0 Å². The molecule has 0 spiro atoms. The quantitative estimate of drug-likeness (QED) is 0.383. The zero-order chi connectivity index (χ0) is 20.3. The minimum atomic E-state index is -0.235. The molecule has 1 aliphatic rings. The summed E-state index contributed by atoms with van der Waals surface area (Å²) in [6.07, 6.45) is -0.0652. The number of aryl methyl sites for hydroxylation is 2. The maximum absolute atomic E-state index is 13.3. The van der Waals surface area contributed by atoms with Crippen LogP contribution in [0.1, 0.15) is 42.5 Å². The first kappa shape index (κ1) is 23.6. The van der Waals surface area contributed by atoms with Crippen LogP contribution < -0.4 is 5.32 Å². The van der Waals surface area contributed by atoms with E-state index in [1.807, 2.05) is 18.7 Å². The molecule has 8 heteroatoms. The van der Waals surface area contributed by atoms with Crippen molar-refractivity contribution in [3.63, 3.8) is 0 Å². The van der Waals surface area contributed by atoms with E-state index in [4.69, 9.17) is 9.73 Å². The van der Waals surface area contributed by atoms with Crippen molar-refractivity contribution in [2.45, 2.75) is 46.4 Å². The van der Waals surface area contributed by atoms with Crippen LogP contribution in [0.4, 0.5) is 4.39 Å². The number of nitrogens with one attached hydrogen (secondary N) is 1. The van der Waals surface area contributed by atoms with E-state index in [-0.39, 0.29) is 42.0 Å². The summed E-state index contributed by atoms with van der Waals surface area (Å²) in [6.45, 7) is 11.0. The van der Waals surface area contributed by atoms with E-state index in [1.54, 1.807) is 12.1 Å². The molecule has 2 heterocycles. The van der Waals surface area contributed by atoms with Crippen LogP contribution in [0, 0.1) is 19.7 Å². The van der Waals surface area contributed by atoms with Crippen LogP contribution in [-0.2, 0) is 18.3 Å². The zero-order valence-electron chi connectivity index (χ0n) is 17.8. The van der Waals surface area contributed by atoms with E-state index >= 15 is 0 Å². The Morgan fingerprint density at radius 2 is 1.97 bits per heavy atom. The standard InChI is InChI=1S/C21H30FN5O.HI/c1-6-23-21(24-11-19-15(3)25-26(5)16(19)4)27-12-14(2)28-20(13-27)17-7-9-18(22)10-8-17;/h7-10,14,20H,6,11-13H2,1-5H3,(H,23,24);1H. The third kappa shape index (κ3) is 5.69. The van der Waals surface area contributed by atoms with Crippen LogP contribution in [-0.4, -0.2) is 46.4 Å². The highest BCUT2D eigenvalue weighted by Gasteiger charge is 2.28. The summed E-state index contributed by atoms with van der Waals surface area (Å²) >= 11 is 0. The summed E-state index contributed by atoms with van der Waals surface area (Å²) in [6, 6.07) is 6.55. The number of aromatic nitrogens is 2. The highest BCUT2D eigenvalue weighted by Crippen LogP contribution is 2.25. The topological polar surface area (TPSA) is 54.7 Å². The van der Waals surface area contributed by atoms with Crippen molar-refractivity contribution in [2.75, 3.05) is 19.6 Å². The van der Waals surface area contributed by atoms with E-state index in [0.717, 1.165) is 41.6 Å². The fraction of sp³-hybridized carbons (Fsp3) is 0.524. The van der Waals surface area contributed by atoms with Crippen molar-refractivity contribution in [1.82, 2.24) is 20.0 Å². The van der Waals surface area contributed by atoms with Crippen molar-refractivity contribution in [2.24, 2.45) is 12.0 Å². The fourth-order valence-corrected chi connectivity index (χ4v) is 3.61. The molecule has 0 radical (unpaired) electrons. The normalized spacial score (nSPS) is 19.8. The van der Waals surface area contributed by atoms with Crippen molar-refractivity contribution in [3.8, 4) is 0 Å². The van der Waals surface area contributed by atoms with Gasteiger partial charge in [0.1, 0.15) is 11.9 Å². The molecule has 2 aromatic rings. The molecule has 0 aliphatic carbocycles. The molecule has 3 rings (SSSR count). The lowest BCUT2D eigenvalue weighted by molar-refractivity contribution is -0.0605. The molecule has 0 amide bonds. The number of hydrogen-bond donors (Lipinski definition) is 1. The van der Waals surface area contributed by atoms with Gasteiger partial charge in [0.15, 0.2) is 5.96 Å². The average molecular weight is 515 g/mol. The van der Waals surface area contributed by atoms with Crippen molar-refractivity contribution < 1.29 is 9.13 Å². The summed E-state index contributed by atoms with van der Waals surface area (Å²) in [4.78, 5) is 7.11. The molecule has 160 valence electrons. The maximum Gasteiger partial charge on any atom is 0.194 e. The predicted molar refractivity (Wildman–Crippen MR) is 124 cm³/mol. The summed E-state index contributed by atoms with van der Waals surface area (Å²) in [5.41, 5.74) is 4.29. The van der Waals surface area contributed by atoms with Gasteiger partial charge in [-0.25, -0.2) is 9.38 Å². The fourth-order valence-electron chi connectivity index (χ4n) is 3.61. The van der Waals surface area contributed by atoms with Gasteiger partial charge in [0.25, 0.3) is 0 Å². The summed E-state index contributed by atoms with van der Waals surface area (Å²) < 4.78 is 21.3. The Bertz CT molecular complexity index is 836. The van der Waals surface area contributed by atoms with Crippen molar-refractivity contribution in [3.05, 3.63) is 52.6 Å². The molecule has 0 bridgehead atoms. The van der Waals surface area contributed by atoms with Gasteiger partial charge >= 0.3 is 0 Å². The van der Waals surface area contributed by atoms with Crippen LogP contribution in [0.3, 0.4) is 0 Å². The van der Waals surface area contributed by atoms with Crippen LogP contribution in [0.2, 0.25) is 0 Å². The highest BCUT2D eigenvalue weighted by molar-refractivity contribution is 14.0. The van der Waals surface area contributed by atoms with Crippen LogP contribution >= 0.6 is 24.0 Å². The third-order valence-electron chi connectivity index (χ3n) is 5.18. The average Bonchev–Trinajstić information content (AvgIpc) is 2.90. The Kier molecular flexibility index (Phi) is 8.45. The van der Waals surface area contributed by atoms with Gasteiger partial charge in [-0.1, -0.05) is 12.1 Å².